The summed E-state index contributed by atoms with van der Waals surface area (Å²) < 4.78 is 0. The fourth-order valence-electron chi connectivity index (χ4n) is 2.12. The highest BCUT2D eigenvalue weighted by Gasteiger charge is 2.04. The zero-order valence-electron chi connectivity index (χ0n) is 14.1. The third-order valence-corrected chi connectivity index (χ3v) is 4.08. The zero-order valence-corrected chi connectivity index (χ0v) is 15.0. The Bertz CT molecular complexity index is 690. The largest absolute Gasteiger partial charge is 0.356 e. The van der Waals surface area contributed by atoms with Gasteiger partial charge in [0.1, 0.15) is 0 Å². The molecule has 0 fully saturated rings. The van der Waals surface area contributed by atoms with E-state index in [0.29, 0.717) is 13.1 Å². The van der Waals surface area contributed by atoms with Crippen LogP contribution < -0.4 is 10.6 Å². The molecule has 2 rings (SSSR count). The minimum absolute atomic E-state index is 0.0970. The number of rotatable bonds is 8. The monoisotopic (exact) mass is 358 g/mol. The first-order valence-electron chi connectivity index (χ1n) is 7.97. The van der Waals surface area contributed by atoms with E-state index in [0.717, 1.165) is 29.4 Å². The van der Waals surface area contributed by atoms with Gasteiger partial charge in [0, 0.05) is 31.0 Å². The van der Waals surface area contributed by atoms with Crippen molar-refractivity contribution in [1.29, 1.82) is 0 Å². The molecular formula is C18H22N4O2S. The van der Waals surface area contributed by atoms with Crippen molar-refractivity contribution in [1.82, 2.24) is 10.6 Å². The molecule has 132 valence electrons. The number of nitro groups is 1. The summed E-state index contributed by atoms with van der Waals surface area (Å²) in [4.78, 5) is 14.9. The van der Waals surface area contributed by atoms with Crippen molar-refractivity contribution in [2.24, 2.45) is 4.99 Å². The van der Waals surface area contributed by atoms with Crippen molar-refractivity contribution in [2.75, 3.05) is 18.6 Å². The predicted molar refractivity (Wildman–Crippen MR) is 104 cm³/mol. The summed E-state index contributed by atoms with van der Waals surface area (Å²) in [6, 6.07) is 16.6. The number of guanidine groups is 1. The summed E-state index contributed by atoms with van der Waals surface area (Å²) in [5.41, 5.74) is 2.20. The van der Waals surface area contributed by atoms with Crippen LogP contribution in [-0.2, 0) is 13.1 Å². The van der Waals surface area contributed by atoms with Crippen LogP contribution in [0.15, 0.2) is 59.6 Å². The van der Waals surface area contributed by atoms with Crippen LogP contribution in [0.1, 0.15) is 11.1 Å². The van der Waals surface area contributed by atoms with Gasteiger partial charge in [-0.1, -0.05) is 42.5 Å². The van der Waals surface area contributed by atoms with Gasteiger partial charge in [0.05, 0.1) is 11.5 Å². The van der Waals surface area contributed by atoms with Crippen LogP contribution in [0.4, 0.5) is 5.69 Å². The predicted octanol–water partition coefficient (Wildman–Crippen LogP) is 3.19. The SMILES string of the molecule is CSCCNC(=NCc1ccccc1)NCc1ccc([N+](=O)[O-])cc1. The fourth-order valence-corrected chi connectivity index (χ4v) is 2.43. The van der Waals surface area contributed by atoms with Gasteiger partial charge < -0.3 is 10.6 Å². The lowest BCUT2D eigenvalue weighted by molar-refractivity contribution is -0.384. The molecule has 0 bridgehead atoms. The molecular weight excluding hydrogens is 336 g/mol. The standard InChI is InChI=1S/C18H22N4O2S/c1-25-12-11-19-18(20-13-15-5-3-2-4-6-15)21-14-16-7-9-17(10-8-16)22(23)24/h2-10H,11-14H2,1H3,(H2,19,20,21). The molecule has 2 aromatic rings. The van der Waals surface area contributed by atoms with E-state index >= 15 is 0 Å². The van der Waals surface area contributed by atoms with Gasteiger partial charge in [0.25, 0.3) is 5.69 Å². The highest BCUT2D eigenvalue weighted by atomic mass is 32.2. The molecule has 0 aliphatic carbocycles. The van der Waals surface area contributed by atoms with Crippen molar-refractivity contribution in [3.8, 4) is 0 Å². The summed E-state index contributed by atoms with van der Waals surface area (Å²) in [5.74, 6) is 1.72. The fraction of sp³-hybridized carbons (Fsp3) is 0.278. The van der Waals surface area contributed by atoms with E-state index in [-0.39, 0.29) is 5.69 Å². The van der Waals surface area contributed by atoms with Gasteiger partial charge in [-0.05, 0) is 17.4 Å². The first kappa shape index (κ1) is 18.8. The topological polar surface area (TPSA) is 79.6 Å². The molecule has 0 saturated carbocycles. The van der Waals surface area contributed by atoms with Crippen LogP contribution in [0.25, 0.3) is 0 Å². The Labute approximate surface area is 151 Å². The molecule has 0 amide bonds. The quantitative estimate of drug-likeness (QED) is 0.249. The molecule has 25 heavy (non-hydrogen) atoms. The highest BCUT2D eigenvalue weighted by Crippen LogP contribution is 2.11. The normalized spacial score (nSPS) is 11.2. The first-order valence-corrected chi connectivity index (χ1v) is 9.37. The van der Waals surface area contributed by atoms with Gasteiger partial charge in [0.2, 0.25) is 0 Å². The Balaban J connectivity index is 1.96. The molecule has 7 heteroatoms. The van der Waals surface area contributed by atoms with E-state index in [1.54, 1.807) is 23.9 Å². The number of benzene rings is 2. The van der Waals surface area contributed by atoms with Gasteiger partial charge in [-0.2, -0.15) is 11.8 Å². The maximum absolute atomic E-state index is 10.7. The second-order valence-corrected chi connectivity index (χ2v) is 6.33. The van der Waals surface area contributed by atoms with Crippen LogP contribution in [0, 0.1) is 10.1 Å². The van der Waals surface area contributed by atoms with Gasteiger partial charge >= 0.3 is 0 Å². The van der Waals surface area contributed by atoms with E-state index in [9.17, 15) is 10.1 Å². The summed E-state index contributed by atoms with van der Waals surface area (Å²) in [6.45, 7) is 1.97. The van der Waals surface area contributed by atoms with Gasteiger partial charge in [0.15, 0.2) is 5.96 Å². The molecule has 0 aliphatic rings. The van der Waals surface area contributed by atoms with Crippen LogP contribution >= 0.6 is 11.8 Å². The third kappa shape index (κ3) is 6.84. The van der Waals surface area contributed by atoms with Crippen molar-refractivity contribution in [2.45, 2.75) is 13.1 Å². The van der Waals surface area contributed by atoms with E-state index in [1.165, 1.54) is 12.1 Å². The average Bonchev–Trinajstić information content (AvgIpc) is 2.65. The lowest BCUT2D eigenvalue weighted by atomic mass is 10.2. The lowest BCUT2D eigenvalue weighted by Gasteiger charge is -2.12. The maximum Gasteiger partial charge on any atom is 0.269 e. The first-order chi connectivity index (χ1) is 12.2. The number of non-ortho nitro benzene ring substituents is 1. The van der Waals surface area contributed by atoms with E-state index in [4.69, 9.17) is 0 Å². The number of hydrogen-bond donors (Lipinski definition) is 2. The van der Waals surface area contributed by atoms with Crippen LogP contribution in [0.3, 0.4) is 0 Å². The number of nitrogens with zero attached hydrogens (tertiary/aromatic N) is 2. The van der Waals surface area contributed by atoms with Crippen LogP contribution in [-0.4, -0.2) is 29.4 Å². The molecule has 6 nitrogen and oxygen atoms in total. The zero-order chi connectivity index (χ0) is 17.9. The average molecular weight is 358 g/mol. The number of hydrogen-bond acceptors (Lipinski definition) is 4. The van der Waals surface area contributed by atoms with Gasteiger partial charge in [-0.15, -0.1) is 0 Å². The Morgan fingerprint density at radius 1 is 1.08 bits per heavy atom. The molecule has 0 unspecified atom stereocenters. The summed E-state index contributed by atoms with van der Waals surface area (Å²) in [7, 11) is 0. The van der Waals surface area contributed by atoms with Crippen LogP contribution in [0.2, 0.25) is 0 Å². The number of nitrogens with one attached hydrogen (secondary N) is 2. The van der Waals surface area contributed by atoms with Gasteiger partial charge in [-0.25, -0.2) is 4.99 Å². The van der Waals surface area contributed by atoms with Gasteiger partial charge in [-0.3, -0.25) is 10.1 Å². The summed E-state index contributed by atoms with van der Waals surface area (Å²) >= 11 is 1.77. The van der Waals surface area contributed by atoms with Crippen molar-refractivity contribution >= 4 is 23.4 Å². The van der Waals surface area contributed by atoms with Crippen molar-refractivity contribution < 1.29 is 4.92 Å². The van der Waals surface area contributed by atoms with Crippen molar-refractivity contribution in [3.63, 3.8) is 0 Å². The molecule has 0 spiro atoms. The second-order valence-electron chi connectivity index (χ2n) is 5.35. The van der Waals surface area contributed by atoms with E-state index in [1.807, 2.05) is 30.3 Å². The molecule has 0 saturated heterocycles. The maximum atomic E-state index is 10.7. The molecule has 0 aromatic heterocycles. The van der Waals surface area contributed by atoms with E-state index in [2.05, 4.69) is 21.9 Å². The smallest absolute Gasteiger partial charge is 0.269 e. The molecule has 0 heterocycles. The highest BCUT2D eigenvalue weighted by molar-refractivity contribution is 7.98. The number of aliphatic imine (C=N–C) groups is 1. The Morgan fingerprint density at radius 2 is 1.80 bits per heavy atom. The minimum Gasteiger partial charge on any atom is -0.356 e. The second kappa shape index (κ2) is 10.4. The summed E-state index contributed by atoms with van der Waals surface area (Å²) in [5, 5.41) is 17.3. The van der Waals surface area contributed by atoms with Crippen molar-refractivity contribution in [3.05, 3.63) is 75.8 Å². The van der Waals surface area contributed by atoms with E-state index < -0.39 is 4.92 Å². The molecule has 2 N–H and O–H groups in total. The minimum atomic E-state index is -0.395. The lowest BCUT2D eigenvalue weighted by Crippen LogP contribution is -2.38. The Morgan fingerprint density at radius 3 is 2.44 bits per heavy atom. The third-order valence-electron chi connectivity index (χ3n) is 3.47. The van der Waals surface area contributed by atoms with Crippen LogP contribution in [0.5, 0.6) is 0 Å². The molecule has 0 radical (unpaired) electrons. The summed E-state index contributed by atoms with van der Waals surface area (Å²) in [6.07, 6.45) is 2.06. The number of nitro benzene ring substituents is 1. The Hall–Kier alpha value is -2.54. The number of thioether (sulfide) groups is 1. The Kier molecular flexibility index (Phi) is 7.78. The molecule has 0 aliphatic heterocycles. The molecule has 2 aromatic carbocycles. The molecule has 0 atom stereocenters.